The molecular formula is C24H17BrClNO3. The Balaban J connectivity index is 1.89. The number of nitriles is 1. The predicted octanol–water partition coefficient (Wildman–Crippen LogP) is 6.48. The lowest BCUT2D eigenvalue weighted by atomic mass is 10.0. The van der Waals surface area contributed by atoms with Gasteiger partial charge < -0.3 is 9.47 Å². The molecule has 0 heterocycles. The molecule has 0 saturated carbocycles. The van der Waals surface area contributed by atoms with Crippen molar-refractivity contribution in [3.8, 4) is 17.6 Å². The number of allylic oxidation sites excluding steroid dienone is 1. The average Bonchev–Trinajstić information content (AvgIpc) is 2.77. The predicted molar refractivity (Wildman–Crippen MR) is 121 cm³/mol. The van der Waals surface area contributed by atoms with Crippen LogP contribution in [0, 0.1) is 11.3 Å². The van der Waals surface area contributed by atoms with E-state index in [4.69, 9.17) is 21.1 Å². The van der Waals surface area contributed by atoms with Crippen LogP contribution in [0.2, 0.25) is 5.02 Å². The van der Waals surface area contributed by atoms with Crippen molar-refractivity contribution in [2.75, 3.05) is 7.11 Å². The molecule has 0 N–H and O–H groups in total. The van der Waals surface area contributed by atoms with Gasteiger partial charge in [0.25, 0.3) is 0 Å². The summed E-state index contributed by atoms with van der Waals surface area (Å²) in [7, 11) is 1.53. The summed E-state index contributed by atoms with van der Waals surface area (Å²) >= 11 is 9.68. The molecule has 0 unspecified atom stereocenters. The molecule has 3 aromatic carbocycles. The molecule has 0 bridgehead atoms. The second-order valence-electron chi connectivity index (χ2n) is 6.28. The summed E-state index contributed by atoms with van der Waals surface area (Å²) in [6, 6.07) is 21.6. The van der Waals surface area contributed by atoms with Crippen molar-refractivity contribution < 1.29 is 14.3 Å². The monoisotopic (exact) mass is 481 g/mol. The zero-order chi connectivity index (χ0) is 21.5. The molecule has 3 rings (SSSR count). The molecule has 0 amide bonds. The minimum Gasteiger partial charge on any atom is -0.493 e. The van der Waals surface area contributed by atoms with E-state index in [1.807, 2.05) is 30.3 Å². The fraction of sp³-hybridized carbons (Fsp3) is 0.0833. The molecule has 0 atom stereocenters. The van der Waals surface area contributed by atoms with Gasteiger partial charge in [0.15, 0.2) is 11.5 Å². The number of ether oxygens (including phenoxy) is 2. The maximum absolute atomic E-state index is 12.6. The molecule has 0 radical (unpaired) electrons. The van der Waals surface area contributed by atoms with Crippen molar-refractivity contribution in [1.29, 1.82) is 5.26 Å². The van der Waals surface area contributed by atoms with E-state index >= 15 is 0 Å². The van der Waals surface area contributed by atoms with E-state index in [-0.39, 0.29) is 18.0 Å². The van der Waals surface area contributed by atoms with Gasteiger partial charge in [-0.1, -0.05) is 60.1 Å². The van der Waals surface area contributed by atoms with Gasteiger partial charge in [-0.3, -0.25) is 4.79 Å². The molecule has 150 valence electrons. The number of rotatable bonds is 7. The Morgan fingerprint density at radius 2 is 1.83 bits per heavy atom. The third kappa shape index (κ3) is 5.10. The Morgan fingerprint density at radius 3 is 2.50 bits per heavy atom. The summed E-state index contributed by atoms with van der Waals surface area (Å²) in [5, 5.41) is 10.1. The number of methoxy groups -OCH3 is 1. The molecule has 0 aliphatic heterocycles. The number of nitrogens with zero attached hydrogens (tertiary/aromatic N) is 1. The lowest BCUT2D eigenvalue weighted by molar-refractivity contribution is 0.104. The van der Waals surface area contributed by atoms with Crippen LogP contribution >= 0.6 is 27.5 Å². The quantitative estimate of drug-likeness (QED) is 0.220. The van der Waals surface area contributed by atoms with E-state index in [1.54, 1.807) is 42.5 Å². The summed E-state index contributed by atoms with van der Waals surface area (Å²) in [5.41, 5.74) is 1.96. The highest BCUT2D eigenvalue weighted by atomic mass is 79.9. The highest BCUT2D eigenvalue weighted by Crippen LogP contribution is 2.38. The van der Waals surface area contributed by atoms with Crippen LogP contribution in [0.5, 0.6) is 11.5 Å². The lowest BCUT2D eigenvalue weighted by Gasteiger charge is -2.14. The highest BCUT2D eigenvalue weighted by molar-refractivity contribution is 9.10. The SMILES string of the molecule is COc1cc(/C=C(\C#N)C(=O)c2ccccc2)cc(Br)c1OCc1ccccc1Cl. The van der Waals surface area contributed by atoms with E-state index in [2.05, 4.69) is 15.9 Å². The van der Waals surface area contributed by atoms with Gasteiger partial charge >= 0.3 is 0 Å². The van der Waals surface area contributed by atoms with Crippen molar-refractivity contribution in [2.45, 2.75) is 6.61 Å². The van der Waals surface area contributed by atoms with Gasteiger partial charge in [0.05, 0.1) is 11.6 Å². The molecule has 0 saturated heterocycles. The van der Waals surface area contributed by atoms with E-state index in [1.165, 1.54) is 13.2 Å². The first kappa shape index (κ1) is 21.6. The van der Waals surface area contributed by atoms with Crippen LogP contribution in [0.4, 0.5) is 0 Å². The van der Waals surface area contributed by atoms with E-state index in [0.29, 0.717) is 32.1 Å². The van der Waals surface area contributed by atoms with Gasteiger partial charge in [0.1, 0.15) is 18.2 Å². The summed E-state index contributed by atoms with van der Waals surface area (Å²) < 4.78 is 12.0. The smallest absolute Gasteiger partial charge is 0.203 e. The van der Waals surface area contributed by atoms with Gasteiger partial charge in [-0.25, -0.2) is 0 Å². The number of ketones is 1. The van der Waals surface area contributed by atoms with Gasteiger partial charge in [-0.15, -0.1) is 0 Å². The average molecular weight is 483 g/mol. The van der Waals surface area contributed by atoms with Gasteiger partial charge in [0, 0.05) is 16.1 Å². The molecule has 0 aliphatic rings. The number of Topliss-reactive ketones (excluding diaryl/α,β-unsaturated/α-hetero) is 1. The summed E-state index contributed by atoms with van der Waals surface area (Å²) in [4.78, 5) is 12.6. The number of carbonyl (C=O) groups excluding carboxylic acids is 1. The largest absolute Gasteiger partial charge is 0.493 e. The van der Waals surface area contributed by atoms with Crippen LogP contribution in [-0.4, -0.2) is 12.9 Å². The molecular weight excluding hydrogens is 466 g/mol. The maximum atomic E-state index is 12.6. The minimum absolute atomic E-state index is 0.0277. The number of hydrogen-bond acceptors (Lipinski definition) is 4. The summed E-state index contributed by atoms with van der Waals surface area (Å²) in [5.74, 6) is 0.627. The van der Waals surface area contributed by atoms with Gasteiger partial charge in [-0.05, 0) is 45.8 Å². The zero-order valence-electron chi connectivity index (χ0n) is 16.1. The first-order chi connectivity index (χ1) is 14.5. The first-order valence-electron chi connectivity index (χ1n) is 8.98. The number of carbonyl (C=O) groups is 1. The standard InChI is InChI=1S/C24H17BrClNO3/c1-29-22-13-16(11-19(14-27)23(28)17-7-3-2-4-8-17)12-20(25)24(22)30-15-18-9-5-6-10-21(18)26/h2-13H,15H2,1H3/b19-11+. The Kier molecular flexibility index (Phi) is 7.29. The fourth-order valence-corrected chi connectivity index (χ4v) is 3.55. The Bertz CT molecular complexity index is 1140. The van der Waals surface area contributed by atoms with Crippen molar-refractivity contribution in [2.24, 2.45) is 0 Å². The Hall–Kier alpha value is -3.07. The first-order valence-corrected chi connectivity index (χ1v) is 10.2. The normalized spacial score (nSPS) is 10.9. The van der Waals surface area contributed by atoms with Crippen molar-refractivity contribution in [3.05, 3.63) is 98.5 Å². The maximum Gasteiger partial charge on any atom is 0.203 e. The lowest BCUT2D eigenvalue weighted by Crippen LogP contribution is -2.02. The molecule has 3 aromatic rings. The van der Waals surface area contributed by atoms with Gasteiger partial charge in [0.2, 0.25) is 5.78 Å². The molecule has 0 fully saturated rings. The molecule has 6 heteroatoms. The molecule has 0 aromatic heterocycles. The topological polar surface area (TPSA) is 59.3 Å². The van der Waals surface area contributed by atoms with Crippen molar-refractivity contribution >= 4 is 39.4 Å². The third-order valence-electron chi connectivity index (χ3n) is 4.29. The summed E-state index contributed by atoms with van der Waals surface area (Å²) in [6.45, 7) is 0.264. The fourth-order valence-electron chi connectivity index (χ4n) is 2.79. The molecule has 0 aliphatic carbocycles. The van der Waals surface area contributed by atoms with Crippen LogP contribution in [0.25, 0.3) is 6.08 Å². The van der Waals surface area contributed by atoms with Crippen LogP contribution in [0.15, 0.2) is 76.8 Å². The van der Waals surface area contributed by atoms with Gasteiger partial charge in [-0.2, -0.15) is 5.26 Å². The van der Waals surface area contributed by atoms with Crippen molar-refractivity contribution in [1.82, 2.24) is 0 Å². The van der Waals surface area contributed by atoms with E-state index < -0.39 is 0 Å². The second-order valence-corrected chi connectivity index (χ2v) is 7.54. The molecule has 4 nitrogen and oxygen atoms in total. The molecule has 0 spiro atoms. The van der Waals surface area contributed by atoms with E-state index in [0.717, 1.165) is 5.56 Å². The minimum atomic E-state index is -0.341. The van der Waals surface area contributed by atoms with E-state index in [9.17, 15) is 10.1 Å². The number of hydrogen-bond donors (Lipinski definition) is 0. The number of halogens is 2. The highest BCUT2D eigenvalue weighted by Gasteiger charge is 2.15. The van der Waals surface area contributed by atoms with Crippen LogP contribution in [0.1, 0.15) is 21.5 Å². The second kappa shape index (κ2) is 10.1. The van der Waals surface area contributed by atoms with Crippen molar-refractivity contribution in [3.63, 3.8) is 0 Å². The Labute approximate surface area is 188 Å². The number of benzene rings is 3. The zero-order valence-corrected chi connectivity index (χ0v) is 18.4. The van der Waals surface area contributed by atoms with Crippen LogP contribution in [-0.2, 0) is 6.61 Å². The van der Waals surface area contributed by atoms with Crippen LogP contribution in [0.3, 0.4) is 0 Å². The van der Waals surface area contributed by atoms with Crippen LogP contribution < -0.4 is 9.47 Å². The summed E-state index contributed by atoms with van der Waals surface area (Å²) in [6.07, 6.45) is 1.53. The molecule has 30 heavy (non-hydrogen) atoms. The third-order valence-corrected chi connectivity index (χ3v) is 5.25. The Morgan fingerprint density at radius 1 is 1.13 bits per heavy atom.